The van der Waals surface area contributed by atoms with Crippen molar-refractivity contribution in [1.82, 2.24) is 0 Å². The molecule has 0 radical (unpaired) electrons. The lowest BCUT2D eigenvalue weighted by Gasteiger charge is -2.35. The Morgan fingerprint density at radius 2 is 0.415 bits per heavy atom. The van der Waals surface area contributed by atoms with E-state index in [0.29, 0.717) is 5.41 Å². The van der Waals surface area contributed by atoms with Crippen LogP contribution in [0.15, 0.2) is 0 Å². The van der Waals surface area contributed by atoms with Crippen LogP contribution >= 0.6 is 47.0 Å². The van der Waals surface area contributed by atoms with Gasteiger partial charge in [0, 0.05) is 42.0 Å². The van der Waals surface area contributed by atoms with Gasteiger partial charge in [0.1, 0.15) is 0 Å². The average molecular weight is 970 g/mol. The molecular weight excluding hydrogens is 861 g/mol. The Morgan fingerprint density at radius 3 is 0.631 bits per heavy atom. The number of thioether (sulfide) groups is 4. The van der Waals surface area contributed by atoms with E-state index in [9.17, 15) is 0 Å². The van der Waals surface area contributed by atoms with E-state index in [1.54, 1.807) is 128 Å². The van der Waals surface area contributed by atoms with E-state index >= 15 is 0 Å². The first-order valence-corrected chi connectivity index (χ1v) is 34.6. The monoisotopic (exact) mass is 969 g/mol. The summed E-state index contributed by atoms with van der Waals surface area (Å²) in [6.45, 7) is 0. The lowest BCUT2D eigenvalue weighted by molar-refractivity contribution is 0.171. The van der Waals surface area contributed by atoms with Crippen LogP contribution in [0.5, 0.6) is 0 Å². The fraction of sp³-hybridized carbons (Fsp3) is 1.00. The zero-order valence-electron chi connectivity index (χ0n) is 43.0. The van der Waals surface area contributed by atoms with Crippen molar-refractivity contribution in [3.05, 3.63) is 0 Å². The quantitative estimate of drug-likeness (QED) is 0.0443. The first-order chi connectivity index (χ1) is 32.2. The van der Waals surface area contributed by atoms with Crippen LogP contribution in [0.3, 0.4) is 0 Å². The topological polar surface area (TPSA) is 0 Å². The second kappa shape index (κ2) is 29.8. The molecule has 4 saturated carbocycles. The smallest absolute Gasteiger partial charge is 0.0172 e. The van der Waals surface area contributed by atoms with Crippen molar-refractivity contribution in [3.63, 3.8) is 0 Å². The van der Waals surface area contributed by atoms with Crippen molar-refractivity contribution in [2.45, 2.75) is 350 Å². The summed E-state index contributed by atoms with van der Waals surface area (Å²) in [7, 11) is 0. The Balaban J connectivity index is 0.719. The molecule has 0 nitrogen and oxygen atoms in total. The van der Waals surface area contributed by atoms with Crippen LogP contribution < -0.4 is 0 Å². The molecule has 4 aliphatic carbocycles. The predicted molar refractivity (Wildman–Crippen MR) is 299 cm³/mol. The van der Waals surface area contributed by atoms with Crippen LogP contribution in [-0.4, -0.2) is 42.0 Å². The Kier molecular flexibility index (Phi) is 24.2. The molecule has 0 N–H and O–H groups in total. The highest BCUT2D eigenvalue weighted by atomic mass is 32.2. The SMILES string of the molecule is C(CCCCC1CCC2SC2C1)CCCCC(CCCCCCCCCC1CCC2SC2C1)(CCCCCCCCCC1CCC2SC2C1)CCCCCCCCCC1CCC2SC2C1. The molecule has 0 aromatic carbocycles. The van der Waals surface area contributed by atoms with E-state index in [0.717, 1.165) is 65.7 Å². The Labute approximate surface area is 423 Å². The van der Waals surface area contributed by atoms with Gasteiger partial charge in [0.2, 0.25) is 0 Å². The molecule has 0 aromatic heterocycles. The van der Waals surface area contributed by atoms with E-state index < -0.39 is 0 Å². The summed E-state index contributed by atoms with van der Waals surface area (Å²) in [5.74, 6) is 4.34. The van der Waals surface area contributed by atoms with Crippen LogP contribution in [0.1, 0.15) is 308 Å². The second-order valence-corrected chi connectivity index (χ2v) is 31.1. The minimum Gasteiger partial charge on any atom is -0.153 e. The fourth-order valence-electron chi connectivity index (χ4n) is 15.0. The largest absolute Gasteiger partial charge is 0.153 e. The van der Waals surface area contributed by atoms with E-state index in [2.05, 4.69) is 47.0 Å². The molecule has 376 valence electrons. The minimum atomic E-state index is 0.662. The van der Waals surface area contributed by atoms with E-state index in [-0.39, 0.29) is 0 Å². The van der Waals surface area contributed by atoms with Crippen molar-refractivity contribution in [2.24, 2.45) is 29.1 Å². The first kappa shape index (κ1) is 52.7. The predicted octanol–water partition coefficient (Wildman–Crippen LogP) is 21.2. The minimum absolute atomic E-state index is 0.662. The third-order valence-electron chi connectivity index (χ3n) is 19.7. The van der Waals surface area contributed by atoms with Crippen LogP contribution in [0, 0.1) is 29.1 Å². The second-order valence-electron chi connectivity index (χ2n) is 25.1. The van der Waals surface area contributed by atoms with Gasteiger partial charge in [-0.1, -0.05) is 205 Å². The first-order valence-electron chi connectivity index (χ1n) is 30.8. The van der Waals surface area contributed by atoms with Crippen molar-refractivity contribution in [3.8, 4) is 0 Å². The summed E-state index contributed by atoms with van der Waals surface area (Å²) in [5.41, 5.74) is 0.662. The van der Waals surface area contributed by atoms with Gasteiger partial charge in [-0.15, -0.1) is 0 Å². The maximum absolute atomic E-state index is 2.30. The summed E-state index contributed by atoms with van der Waals surface area (Å²) in [4.78, 5) is 0. The summed E-state index contributed by atoms with van der Waals surface area (Å²) >= 11 is 9.20. The highest BCUT2D eigenvalue weighted by Gasteiger charge is 2.45. The summed E-state index contributed by atoms with van der Waals surface area (Å²) < 4.78 is 0. The molecule has 8 aliphatic rings. The lowest BCUT2D eigenvalue weighted by Crippen LogP contribution is -2.21. The number of hydrogen-bond acceptors (Lipinski definition) is 4. The standard InChI is InChI=1S/C61H108S4/c1(5-13-21-29-49-33-37-53-57(45-49)62-53)9-17-25-41-61(42-26-18-10-2-6-14-22-30-50-34-38-54-58(46-50)63-54,43-27-19-11-3-7-15-23-31-51-35-39-55-59(47-51)64-55)44-28-20-12-4-8-16-24-32-52-36-40-56-60(48-52)65-56/h49-60H,1-48H2. The van der Waals surface area contributed by atoms with Crippen LogP contribution in [0.25, 0.3) is 0 Å². The summed E-state index contributed by atoms with van der Waals surface area (Å²) in [6.07, 6.45) is 73.7. The molecule has 4 heteroatoms. The molecule has 0 amide bonds. The van der Waals surface area contributed by atoms with Gasteiger partial charge in [-0.05, 0) is 132 Å². The van der Waals surface area contributed by atoms with Crippen molar-refractivity contribution < 1.29 is 0 Å². The lowest BCUT2D eigenvalue weighted by atomic mass is 9.70. The van der Waals surface area contributed by atoms with Crippen molar-refractivity contribution in [2.75, 3.05) is 0 Å². The van der Waals surface area contributed by atoms with Crippen molar-refractivity contribution >= 4 is 47.0 Å². The molecule has 4 saturated heterocycles. The van der Waals surface area contributed by atoms with E-state index in [1.165, 1.54) is 180 Å². The van der Waals surface area contributed by atoms with Gasteiger partial charge in [-0.2, -0.15) is 47.0 Å². The zero-order chi connectivity index (χ0) is 44.2. The van der Waals surface area contributed by atoms with E-state index in [1.807, 2.05) is 0 Å². The highest BCUT2D eigenvalue weighted by Crippen LogP contribution is 2.56. The molecule has 0 aromatic rings. The van der Waals surface area contributed by atoms with Gasteiger partial charge in [-0.25, -0.2) is 0 Å². The number of fused-ring (bicyclic) bond motifs is 4. The number of rotatable bonds is 40. The van der Waals surface area contributed by atoms with E-state index in [4.69, 9.17) is 0 Å². The average Bonchev–Trinajstić information content (AvgIpc) is 4.11. The molecular formula is C61H108S4. The molecule has 12 unspecified atom stereocenters. The van der Waals surface area contributed by atoms with Gasteiger partial charge in [0.15, 0.2) is 0 Å². The summed E-state index contributed by atoms with van der Waals surface area (Å²) in [5, 5.41) is 8.69. The third-order valence-corrected chi connectivity index (χ3v) is 25.6. The molecule has 0 bridgehead atoms. The Morgan fingerprint density at radius 1 is 0.215 bits per heavy atom. The molecule has 0 spiro atoms. The normalized spacial score (nSPS) is 34.0. The molecule has 8 fully saturated rings. The molecule has 4 aliphatic heterocycles. The maximum Gasteiger partial charge on any atom is 0.0172 e. The highest BCUT2D eigenvalue weighted by molar-refractivity contribution is 8.08. The summed E-state index contributed by atoms with van der Waals surface area (Å²) in [6, 6.07) is 0. The molecule has 4 heterocycles. The van der Waals surface area contributed by atoms with Gasteiger partial charge >= 0.3 is 0 Å². The van der Waals surface area contributed by atoms with Gasteiger partial charge in [0.05, 0.1) is 0 Å². The van der Waals surface area contributed by atoms with Crippen LogP contribution in [0.2, 0.25) is 0 Å². The maximum atomic E-state index is 2.30. The third kappa shape index (κ3) is 20.4. The number of unbranched alkanes of at least 4 members (excludes halogenated alkanes) is 24. The van der Waals surface area contributed by atoms with Crippen LogP contribution in [0.4, 0.5) is 0 Å². The van der Waals surface area contributed by atoms with Gasteiger partial charge < -0.3 is 0 Å². The van der Waals surface area contributed by atoms with Crippen LogP contribution in [-0.2, 0) is 0 Å². The zero-order valence-corrected chi connectivity index (χ0v) is 46.3. The Hall–Kier alpha value is 1.40. The Bertz CT molecular complexity index is 1060. The molecule has 8 rings (SSSR count). The van der Waals surface area contributed by atoms with Crippen molar-refractivity contribution in [1.29, 1.82) is 0 Å². The van der Waals surface area contributed by atoms with Gasteiger partial charge in [-0.3, -0.25) is 0 Å². The molecule has 12 atom stereocenters. The number of hydrogen-bond donors (Lipinski definition) is 0. The molecule has 65 heavy (non-hydrogen) atoms. The fourth-order valence-corrected chi connectivity index (χ4v) is 20.1. The van der Waals surface area contributed by atoms with Gasteiger partial charge in [0.25, 0.3) is 0 Å².